The number of hydrogen-bond acceptors (Lipinski definition) is 5. The first-order chi connectivity index (χ1) is 12.3. The highest BCUT2D eigenvalue weighted by molar-refractivity contribution is 5.98. The van der Waals surface area contributed by atoms with Crippen molar-refractivity contribution in [3.8, 4) is 5.69 Å². The molecule has 0 spiro atoms. The van der Waals surface area contributed by atoms with E-state index in [4.69, 9.17) is 4.74 Å². The minimum Gasteiger partial charge on any atom is -0.479 e. The number of benzene rings is 1. The summed E-state index contributed by atoms with van der Waals surface area (Å²) in [5, 5.41) is 20.0. The molecule has 2 atom stereocenters. The van der Waals surface area contributed by atoms with Gasteiger partial charge in [0.15, 0.2) is 0 Å². The average Bonchev–Trinajstić information content (AvgIpc) is 3.15. The molecule has 1 saturated carbocycles. The van der Waals surface area contributed by atoms with E-state index in [2.05, 4.69) is 15.5 Å². The second-order valence-electron chi connectivity index (χ2n) is 6.95. The van der Waals surface area contributed by atoms with Crippen molar-refractivity contribution >= 4 is 11.9 Å². The summed E-state index contributed by atoms with van der Waals surface area (Å²) in [5.74, 6) is -1.47. The van der Waals surface area contributed by atoms with Crippen molar-refractivity contribution in [1.29, 1.82) is 0 Å². The third kappa shape index (κ3) is 2.76. The molecule has 0 saturated heterocycles. The van der Waals surface area contributed by atoms with Crippen LogP contribution in [0.15, 0.2) is 36.9 Å². The molecule has 2 N–H and O–H groups in total. The van der Waals surface area contributed by atoms with Gasteiger partial charge in [-0.3, -0.25) is 9.36 Å². The molecule has 1 aromatic carbocycles. The van der Waals surface area contributed by atoms with Crippen molar-refractivity contribution in [2.45, 2.75) is 38.8 Å². The summed E-state index contributed by atoms with van der Waals surface area (Å²) in [6.45, 7) is 5.98. The highest BCUT2D eigenvalue weighted by atomic mass is 16.5. The molecule has 0 aliphatic heterocycles. The maximum Gasteiger partial charge on any atom is 0.330 e. The number of nitrogens with one attached hydrogen (secondary N) is 1. The quantitative estimate of drug-likeness (QED) is 0.813. The van der Waals surface area contributed by atoms with Crippen LogP contribution in [0.2, 0.25) is 0 Å². The van der Waals surface area contributed by atoms with Gasteiger partial charge in [0, 0.05) is 29.7 Å². The largest absolute Gasteiger partial charge is 0.479 e. The zero-order chi connectivity index (χ0) is 18.9. The molecule has 0 radical (unpaired) electrons. The Labute approximate surface area is 151 Å². The predicted octanol–water partition coefficient (Wildman–Crippen LogP) is 1.66. The molecule has 1 heterocycles. The maximum atomic E-state index is 12.7. The van der Waals surface area contributed by atoms with Gasteiger partial charge < -0.3 is 15.2 Å². The number of carboxylic acids is 1. The minimum absolute atomic E-state index is 0.208. The van der Waals surface area contributed by atoms with E-state index >= 15 is 0 Å². The van der Waals surface area contributed by atoms with Crippen molar-refractivity contribution in [1.82, 2.24) is 20.1 Å². The van der Waals surface area contributed by atoms with Gasteiger partial charge in [-0.05, 0) is 31.2 Å². The summed E-state index contributed by atoms with van der Waals surface area (Å²) in [6, 6.07) is 6.79. The zero-order valence-electron chi connectivity index (χ0n) is 15.0. The molecule has 138 valence electrons. The zero-order valence-corrected chi connectivity index (χ0v) is 15.0. The fourth-order valence-corrected chi connectivity index (χ4v) is 3.42. The highest BCUT2D eigenvalue weighted by Crippen LogP contribution is 2.51. The van der Waals surface area contributed by atoms with E-state index in [-0.39, 0.29) is 12.5 Å². The van der Waals surface area contributed by atoms with Crippen molar-refractivity contribution in [2.75, 3.05) is 6.61 Å². The molecule has 1 aliphatic carbocycles. The van der Waals surface area contributed by atoms with Crippen LogP contribution in [0.25, 0.3) is 5.69 Å². The van der Waals surface area contributed by atoms with Gasteiger partial charge in [-0.25, -0.2) is 4.79 Å². The van der Waals surface area contributed by atoms with E-state index < -0.39 is 22.8 Å². The van der Waals surface area contributed by atoms with E-state index in [0.29, 0.717) is 12.2 Å². The molecule has 1 amide bonds. The molecule has 8 nitrogen and oxygen atoms in total. The molecule has 26 heavy (non-hydrogen) atoms. The Hall–Kier alpha value is -2.74. The lowest BCUT2D eigenvalue weighted by atomic mass is 9.54. The van der Waals surface area contributed by atoms with Gasteiger partial charge in [0.1, 0.15) is 18.2 Å². The van der Waals surface area contributed by atoms with Gasteiger partial charge in [-0.1, -0.05) is 13.8 Å². The first kappa shape index (κ1) is 18.1. The fourth-order valence-electron chi connectivity index (χ4n) is 3.42. The SMILES string of the molecule is CCOC1CC(NC(=O)c2ccc(-n3cnnc3)cc2)(C(=O)O)C1(C)C. The van der Waals surface area contributed by atoms with Crippen LogP contribution in [0, 0.1) is 5.41 Å². The summed E-state index contributed by atoms with van der Waals surface area (Å²) in [7, 11) is 0. The molecule has 8 heteroatoms. The Balaban J connectivity index is 1.78. The molecule has 1 aromatic heterocycles. The summed E-state index contributed by atoms with van der Waals surface area (Å²) in [6.07, 6.45) is 3.15. The van der Waals surface area contributed by atoms with E-state index in [1.165, 1.54) is 0 Å². The summed E-state index contributed by atoms with van der Waals surface area (Å²) in [4.78, 5) is 24.6. The first-order valence-electron chi connectivity index (χ1n) is 8.44. The Morgan fingerprint density at radius 3 is 2.38 bits per heavy atom. The lowest BCUT2D eigenvalue weighted by Gasteiger charge is -2.58. The van der Waals surface area contributed by atoms with Crippen LogP contribution in [0.1, 0.15) is 37.6 Å². The van der Waals surface area contributed by atoms with Crippen LogP contribution in [0.5, 0.6) is 0 Å². The second-order valence-corrected chi connectivity index (χ2v) is 6.95. The number of amides is 1. The monoisotopic (exact) mass is 358 g/mol. The highest BCUT2D eigenvalue weighted by Gasteiger charge is 2.66. The van der Waals surface area contributed by atoms with Gasteiger partial charge >= 0.3 is 5.97 Å². The van der Waals surface area contributed by atoms with Gasteiger partial charge in [0.2, 0.25) is 0 Å². The van der Waals surface area contributed by atoms with E-state index in [9.17, 15) is 14.7 Å². The molecular formula is C18H22N4O4. The Morgan fingerprint density at radius 1 is 1.27 bits per heavy atom. The second kappa shape index (κ2) is 6.53. The van der Waals surface area contributed by atoms with E-state index in [1.807, 2.05) is 6.92 Å². The number of rotatable bonds is 6. The summed E-state index contributed by atoms with van der Waals surface area (Å²) < 4.78 is 7.32. The molecule has 1 fully saturated rings. The normalized spacial score (nSPS) is 23.9. The van der Waals surface area contributed by atoms with Crippen molar-refractivity contribution in [3.05, 3.63) is 42.5 Å². The molecule has 2 unspecified atom stereocenters. The van der Waals surface area contributed by atoms with Crippen LogP contribution >= 0.6 is 0 Å². The van der Waals surface area contributed by atoms with Gasteiger partial charge in [0.25, 0.3) is 5.91 Å². The number of nitrogens with zero attached hydrogens (tertiary/aromatic N) is 3. The Bertz CT molecular complexity index is 801. The van der Waals surface area contributed by atoms with Crippen molar-refractivity contribution in [3.63, 3.8) is 0 Å². The lowest BCUT2D eigenvalue weighted by molar-refractivity contribution is -0.190. The molecular weight excluding hydrogens is 336 g/mol. The Morgan fingerprint density at radius 2 is 1.88 bits per heavy atom. The number of ether oxygens (including phenoxy) is 1. The van der Waals surface area contributed by atoms with Crippen molar-refractivity contribution in [2.24, 2.45) is 5.41 Å². The van der Waals surface area contributed by atoms with Gasteiger partial charge in [-0.15, -0.1) is 10.2 Å². The molecule has 0 bridgehead atoms. The number of aliphatic carboxylic acids is 1. The topological polar surface area (TPSA) is 106 Å². The minimum atomic E-state index is -1.35. The molecule has 1 aliphatic rings. The smallest absolute Gasteiger partial charge is 0.330 e. The van der Waals surface area contributed by atoms with Crippen LogP contribution in [-0.4, -0.2) is 50.0 Å². The molecule has 2 aromatic rings. The number of aromatic nitrogens is 3. The van der Waals surface area contributed by atoms with Crippen LogP contribution in [0.4, 0.5) is 0 Å². The predicted molar refractivity (Wildman–Crippen MR) is 93.0 cm³/mol. The third-order valence-corrected chi connectivity index (χ3v) is 5.30. The van der Waals surface area contributed by atoms with E-state index in [0.717, 1.165) is 5.69 Å². The van der Waals surface area contributed by atoms with Crippen LogP contribution < -0.4 is 5.32 Å². The standard InChI is InChI=1S/C18H22N4O4/c1-4-26-14-9-18(16(24)25,17(14,2)3)21-15(23)12-5-7-13(8-6-12)22-10-19-20-11-22/h5-8,10-11,14H,4,9H2,1-3H3,(H,21,23)(H,24,25). The number of carboxylic acid groups (broad SMARTS) is 1. The summed E-state index contributed by atoms with van der Waals surface area (Å²) in [5.41, 5.74) is -0.873. The maximum absolute atomic E-state index is 12.7. The number of carbonyl (C=O) groups excluding carboxylic acids is 1. The van der Waals surface area contributed by atoms with Gasteiger partial charge in [0.05, 0.1) is 6.10 Å². The summed E-state index contributed by atoms with van der Waals surface area (Å²) >= 11 is 0. The van der Waals surface area contributed by atoms with Crippen LogP contribution in [-0.2, 0) is 9.53 Å². The number of carbonyl (C=O) groups is 2. The lowest BCUT2D eigenvalue weighted by Crippen LogP contribution is -2.76. The first-order valence-corrected chi connectivity index (χ1v) is 8.44. The van der Waals surface area contributed by atoms with Crippen molar-refractivity contribution < 1.29 is 19.4 Å². The average molecular weight is 358 g/mol. The Kier molecular flexibility index (Phi) is 4.53. The van der Waals surface area contributed by atoms with Gasteiger partial charge in [-0.2, -0.15) is 0 Å². The van der Waals surface area contributed by atoms with Crippen LogP contribution in [0.3, 0.4) is 0 Å². The number of hydrogen-bond donors (Lipinski definition) is 2. The third-order valence-electron chi connectivity index (χ3n) is 5.30. The van der Waals surface area contributed by atoms with E-state index in [1.54, 1.807) is 55.3 Å². The fraction of sp³-hybridized carbons (Fsp3) is 0.444. The molecule has 3 rings (SSSR count).